The fourth-order valence-corrected chi connectivity index (χ4v) is 5.13. The zero-order chi connectivity index (χ0) is 16.5. The van der Waals surface area contributed by atoms with Crippen LogP contribution in [0.5, 0.6) is 5.75 Å². The molecule has 0 radical (unpaired) electrons. The van der Waals surface area contributed by atoms with Crippen molar-refractivity contribution in [1.82, 2.24) is 4.90 Å². The van der Waals surface area contributed by atoms with E-state index in [0.29, 0.717) is 11.7 Å². The first-order chi connectivity index (χ1) is 11.7. The van der Waals surface area contributed by atoms with E-state index in [9.17, 15) is 9.90 Å². The maximum Gasteiger partial charge on any atom is 0.254 e. The number of hydrogen-bond acceptors (Lipinski definition) is 3. The molecule has 0 spiro atoms. The number of piperidine rings is 1. The molecular weight excluding hydrogens is 318 g/mol. The molecule has 126 valence electrons. The van der Waals surface area contributed by atoms with Crippen LogP contribution in [0.3, 0.4) is 0 Å². The number of aromatic hydroxyl groups is 1. The average molecular weight is 341 g/mol. The Morgan fingerprint density at radius 2 is 1.79 bits per heavy atom. The summed E-state index contributed by atoms with van der Waals surface area (Å²) in [6, 6.07) is 7.52. The Hall–Kier alpha value is -1.81. The lowest BCUT2D eigenvalue weighted by molar-refractivity contribution is 0.0712. The molecule has 1 aromatic heterocycles. The van der Waals surface area contributed by atoms with Crippen molar-refractivity contribution >= 4 is 17.2 Å². The molecule has 1 N–H and O–H groups in total. The molecule has 0 bridgehead atoms. The highest BCUT2D eigenvalue weighted by Gasteiger charge is 2.28. The fourth-order valence-electron chi connectivity index (χ4n) is 4.01. The summed E-state index contributed by atoms with van der Waals surface area (Å²) in [6.07, 6.45) is 6.71. The van der Waals surface area contributed by atoms with Gasteiger partial charge in [-0.3, -0.25) is 4.79 Å². The number of phenolic OH excluding ortho intramolecular Hbond substituents is 1. The highest BCUT2D eigenvalue weighted by molar-refractivity contribution is 7.10. The molecule has 4 heteroatoms. The lowest BCUT2D eigenvalue weighted by Crippen LogP contribution is -2.38. The van der Waals surface area contributed by atoms with Crippen molar-refractivity contribution in [3.05, 3.63) is 51.2 Å². The van der Waals surface area contributed by atoms with Gasteiger partial charge in [-0.05, 0) is 67.7 Å². The monoisotopic (exact) mass is 341 g/mol. The van der Waals surface area contributed by atoms with Crippen LogP contribution >= 0.6 is 11.3 Å². The third kappa shape index (κ3) is 2.95. The van der Waals surface area contributed by atoms with Crippen LogP contribution in [0.15, 0.2) is 29.6 Å². The van der Waals surface area contributed by atoms with E-state index >= 15 is 0 Å². The number of carbonyl (C=O) groups is 1. The quantitative estimate of drug-likeness (QED) is 0.882. The van der Waals surface area contributed by atoms with Crippen molar-refractivity contribution < 1.29 is 9.90 Å². The first-order valence-electron chi connectivity index (χ1n) is 8.90. The summed E-state index contributed by atoms with van der Waals surface area (Å²) in [5, 5.41) is 11.5. The SMILES string of the molecule is O=C(c1csc2c1CCCC2)N1CCC(c2ccc(O)cc2)CC1. The second kappa shape index (κ2) is 6.60. The van der Waals surface area contributed by atoms with Gasteiger partial charge in [-0.1, -0.05) is 12.1 Å². The molecule has 2 aromatic rings. The number of likely N-dealkylation sites (tertiary alicyclic amines) is 1. The summed E-state index contributed by atoms with van der Waals surface area (Å²) in [4.78, 5) is 16.4. The average Bonchev–Trinajstić information content (AvgIpc) is 3.06. The molecular formula is C20H23NO2S. The lowest BCUT2D eigenvalue weighted by atomic mass is 9.89. The number of benzene rings is 1. The molecule has 3 nitrogen and oxygen atoms in total. The van der Waals surface area contributed by atoms with Gasteiger partial charge in [0.25, 0.3) is 5.91 Å². The van der Waals surface area contributed by atoms with Gasteiger partial charge in [0.2, 0.25) is 0 Å². The van der Waals surface area contributed by atoms with Crippen LogP contribution in [0.2, 0.25) is 0 Å². The van der Waals surface area contributed by atoms with Crippen LogP contribution < -0.4 is 0 Å². The van der Waals surface area contributed by atoms with E-state index in [-0.39, 0.29) is 5.91 Å². The molecule has 2 aliphatic rings. The molecule has 0 unspecified atom stereocenters. The third-order valence-corrected chi connectivity index (χ3v) is 6.53. The molecule has 24 heavy (non-hydrogen) atoms. The number of rotatable bonds is 2. The number of phenols is 1. The summed E-state index contributed by atoms with van der Waals surface area (Å²) in [7, 11) is 0. The first-order valence-corrected chi connectivity index (χ1v) is 9.78. The van der Waals surface area contributed by atoms with Crippen molar-refractivity contribution in [2.75, 3.05) is 13.1 Å². The van der Waals surface area contributed by atoms with Crippen molar-refractivity contribution in [2.24, 2.45) is 0 Å². The van der Waals surface area contributed by atoms with Crippen LogP contribution in [0.4, 0.5) is 0 Å². The Morgan fingerprint density at radius 1 is 1.08 bits per heavy atom. The molecule has 1 amide bonds. The molecule has 0 atom stereocenters. The highest BCUT2D eigenvalue weighted by atomic mass is 32.1. The van der Waals surface area contributed by atoms with Gasteiger partial charge in [-0.2, -0.15) is 0 Å². The molecule has 1 aromatic carbocycles. The minimum Gasteiger partial charge on any atom is -0.508 e. The first kappa shape index (κ1) is 15.7. The second-order valence-corrected chi connectivity index (χ2v) is 7.88. The Kier molecular flexibility index (Phi) is 4.31. The standard InChI is InChI=1S/C20H23NO2S/c22-16-7-5-14(6-8-16)15-9-11-21(12-10-15)20(23)18-13-24-19-4-2-1-3-17(18)19/h5-8,13,15,22H,1-4,9-12H2. The molecule has 1 aliphatic heterocycles. The fraction of sp³-hybridized carbons (Fsp3) is 0.450. The van der Waals surface area contributed by atoms with Crippen molar-refractivity contribution in [2.45, 2.75) is 44.4 Å². The molecule has 0 saturated carbocycles. The maximum absolute atomic E-state index is 12.9. The largest absolute Gasteiger partial charge is 0.508 e. The lowest BCUT2D eigenvalue weighted by Gasteiger charge is -2.32. The molecule has 1 aliphatic carbocycles. The molecule has 1 saturated heterocycles. The Labute approximate surface area is 146 Å². The summed E-state index contributed by atoms with van der Waals surface area (Å²) in [5.74, 6) is 1.04. The smallest absolute Gasteiger partial charge is 0.254 e. The summed E-state index contributed by atoms with van der Waals surface area (Å²) in [6.45, 7) is 1.66. The second-order valence-electron chi connectivity index (χ2n) is 6.92. The number of fused-ring (bicyclic) bond motifs is 1. The van der Waals surface area contributed by atoms with Gasteiger partial charge in [0.15, 0.2) is 0 Å². The van der Waals surface area contributed by atoms with E-state index in [0.717, 1.165) is 44.3 Å². The van der Waals surface area contributed by atoms with Crippen molar-refractivity contribution in [1.29, 1.82) is 0 Å². The zero-order valence-corrected chi connectivity index (χ0v) is 14.6. The normalized spacial score (nSPS) is 18.4. The van der Waals surface area contributed by atoms with Crippen LogP contribution in [-0.2, 0) is 12.8 Å². The van der Waals surface area contributed by atoms with E-state index in [1.165, 1.54) is 28.8 Å². The predicted octanol–water partition coefficient (Wildman–Crippen LogP) is 4.35. The number of aryl methyl sites for hydroxylation is 1. The van der Waals surface area contributed by atoms with Gasteiger partial charge in [0.05, 0.1) is 5.56 Å². The van der Waals surface area contributed by atoms with Crippen LogP contribution in [-0.4, -0.2) is 29.0 Å². The highest BCUT2D eigenvalue weighted by Crippen LogP contribution is 2.33. The number of hydrogen-bond donors (Lipinski definition) is 1. The third-order valence-electron chi connectivity index (χ3n) is 5.44. The maximum atomic E-state index is 12.9. The minimum absolute atomic E-state index is 0.235. The number of amides is 1. The van der Waals surface area contributed by atoms with E-state index in [2.05, 4.69) is 5.38 Å². The van der Waals surface area contributed by atoms with E-state index < -0.39 is 0 Å². The van der Waals surface area contributed by atoms with E-state index in [4.69, 9.17) is 0 Å². The van der Waals surface area contributed by atoms with Gasteiger partial charge in [-0.25, -0.2) is 0 Å². The minimum atomic E-state index is 0.235. The number of carbonyl (C=O) groups excluding carboxylic acids is 1. The Morgan fingerprint density at radius 3 is 2.54 bits per heavy atom. The Bertz CT molecular complexity index is 727. The molecule has 1 fully saturated rings. The topological polar surface area (TPSA) is 40.5 Å². The van der Waals surface area contributed by atoms with Gasteiger partial charge in [-0.15, -0.1) is 11.3 Å². The zero-order valence-electron chi connectivity index (χ0n) is 13.8. The van der Waals surface area contributed by atoms with Crippen LogP contribution in [0, 0.1) is 0 Å². The van der Waals surface area contributed by atoms with E-state index in [1.807, 2.05) is 17.0 Å². The summed E-state index contributed by atoms with van der Waals surface area (Å²) >= 11 is 1.77. The Balaban J connectivity index is 1.43. The summed E-state index contributed by atoms with van der Waals surface area (Å²) in [5.41, 5.74) is 3.57. The number of nitrogens with zero attached hydrogens (tertiary/aromatic N) is 1. The number of thiophene rings is 1. The van der Waals surface area contributed by atoms with Crippen molar-refractivity contribution in [3.8, 4) is 5.75 Å². The van der Waals surface area contributed by atoms with Crippen LogP contribution in [0.1, 0.15) is 58.0 Å². The van der Waals surface area contributed by atoms with Gasteiger partial charge in [0.1, 0.15) is 5.75 Å². The van der Waals surface area contributed by atoms with Gasteiger partial charge < -0.3 is 10.0 Å². The molecule has 4 rings (SSSR count). The van der Waals surface area contributed by atoms with Crippen LogP contribution in [0.25, 0.3) is 0 Å². The summed E-state index contributed by atoms with van der Waals surface area (Å²) < 4.78 is 0. The van der Waals surface area contributed by atoms with Gasteiger partial charge >= 0.3 is 0 Å². The van der Waals surface area contributed by atoms with Gasteiger partial charge in [0, 0.05) is 23.3 Å². The predicted molar refractivity (Wildman–Crippen MR) is 96.9 cm³/mol. The van der Waals surface area contributed by atoms with Crippen molar-refractivity contribution in [3.63, 3.8) is 0 Å². The molecule has 2 heterocycles. The van der Waals surface area contributed by atoms with E-state index in [1.54, 1.807) is 23.5 Å².